The second-order valence-corrected chi connectivity index (χ2v) is 5.93. The third-order valence-electron chi connectivity index (χ3n) is 4.36. The summed E-state index contributed by atoms with van der Waals surface area (Å²) in [5.74, 6) is 0. The van der Waals surface area contributed by atoms with Gasteiger partial charge in [0, 0.05) is 31.9 Å². The van der Waals surface area contributed by atoms with Gasteiger partial charge in [0.25, 0.3) is 0 Å². The standard InChI is InChI=1S/C17H28N2O/c1-4-15(18)12-14-11-13(2)5-6-17(14)19-9-7-16(20-3)8-10-19/h5-6,11,15-16H,4,7-10,12,18H2,1-3H3. The van der Waals surface area contributed by atoms with Crippen LogP contribution < -0.4 is 10.6 Å². The van der Waals surface area contributed by atoms with Crippen LogP contribution in [0.2, 0.25) is 0 Å². The minimum Gasteiger partial charge on any atom is -0.381 e. The molecule has 1 aromatic rings. The normalized spacial score (nSPS) is 18.3. The van der Waals surface area contributed by atoms with Crippen molar-refractivity contribution in [2.75, 3.05) is 25.1 Å². The molecule has 2 N–H and O–H groups in total. The number of rotatable bonds is 5. The Balaban J connectivity index is 2.14. The van der Waals surface area contributed by atoms with Gasteiger partial charge in [-0.05, 0) is 44.2 Å². The van der Waals surface area contributed by atoms with Crippen molar-refractivity contribution in [3.63, 3.8) is 0 Å². The Morgan fingerprint density at radius 3 is 2.65 bits per heavy atom. The first kappa shape index (κ1) is 15.3. The Morgan fingerprint density at radius 2 is 2.05 bits per heavy atom. The monoisotopic (exact) mass is 276 g/mol. The SMILES string of the molecule is CCC(N)Cc1cc(C)ccc1N1CCC(OC)CC1. The van der Waals surface area contributed by atoms with Gasteiger partial charge in [0.2, 0.25) is 0 Å². The van der Waals surface area contributed by atoms with E-state index in [1.165, 1.54) is 16.8 Å². The lowest BCUT2D eigenvalue weighted by Gasteiger charge is -2.34. The Kier molecular flexibility index (Phi) is 5.44. The lowest BCUT2D eigenvalue weighted by molar-refractivity contribution is 0.0819. The first-order valence-corrected chi connectivity index (χ1v) is 7.77. The van der Waals surface area contributed by atoms with Gasteiger partial charge in [-0.1, -0.05) is 24.6 Å². The number of piperidine rings is 1. The maximum Gasteiger partial charge on any atom is 0.0605 e. The average molecular weight is 276 g/mol. The maximum atomic E-state index is 6.16. The highest BCUT2D eigenvalue weighted by Crippen LogP contribution is 2.27. The zero-order chi connectivity index (χ0) is 14.5. The first-order valence-electron chi connectivity index (χ1n) is 7.77. The molecule has 112 valence electrons. The molecule has 1 aliphatic rings. The third-order valence-corrected chi connectivity index (χ3v) is 4.36. The van der Waals surface area contributed by atoms with Crippen LogP contribution in [0.4, 0.5) is 5.69 Å². The van der Waals surface area contributed by atoms with Crippen LogP contribution in [0.25, 0.3) is 0 Å². The van der Waals surface area contributed by atoms with Crippen LogP contribution in [0, 0.1) is 6.92 Å². The summed E-state index contributed by atoms with van der Waals surface area (Å²) in [6.07, 6.45) is 4.66. The number of aryl methyl sites for hydroxylation is 1. The number of hydrogen-bond acceptors (Lipinski definition) is 3. The molecule has 1 fully saturated rings. The van der Waals surface area contributed by atoms with E-state index in [2.05, 4.69) is 36.9 Å². The molecule has 20 heavy (non-hydrogen) atoms. The van der Waals surface area contributed by atoms with E-state index in [1.807, 2.05) is 7.11 Å². The van der Waals surface area contributed by atoms with Crippen molar-refractivity contribution in [2.24, 2.45) is 5.73 Å². The fraction of sp³-hybridized carbons (Fsp3) is 0.647. The van der Waals surface area contributed by atoms with Crippen LogP contribution in [0.15, 0.2) is 18.2 Å². The van der Waals surface area contributed by atoms with E-state index >= 15 is 0 Å². The molecule has 2 rings (SSSR count). The van der Waals surface area contributed by atoms with E-state index in [9.17, 15) is 0 Å². The highest BCUT2D eigenvalue weighted by Gasteiger charge is 2.21. The van der Waals surface area contributed by atoms with Crippen molar-refractivity contribution in [1.29, 1.82) is 0 Å². The van der Waals surface area contributed by atoms with Gasteiger partial charge in [0.1, 0.15) is 0 Å². The molecule has 0 spiro atoms. The quantitative estimate of drug-likeness (QED) is 0.898. The van der Waals surface area contributed by atoms with E-state index in [0.29, 0.717) is 6.10 Å². The predicted molar refractivity (Wildman–Crippen MR) is 85.4 cm³/mol. The Labute approximate surface area is 123 Å². The summed E-state index contributed by atoms with van der Waals surface area (Å²) in [5.41, 5.74) is 10.2. The molecule has 0 aliphatic carbocycles. The predicted octanol–water partition coefficient (Wildman–Crippen LogP) is 2.89. The van der Waals surface area contributed by atoms with Gasteiger partial charge in [0.15, 0.2) is 0 Å². The summed E-state index contributed by atoms with van der Waals surface area (Å²) in [6.45, 7) is 6.47. The molecule has 1 heterocycles. The van der Waals surface area contributed by atoms with Gasteiger partial charge in [-0.25, -0.2) is 0 Å². The number of methoxy groups -OCH3 is 1. The number of benzene rings is 1. The largest absolute Gasteiger partial charge is 0.381 e. The van der Waals surface area contributed by atoms with Crippen molar-refractivity contribution in [3.8, 4) is 0 Å². The molecule has 0 aromatic heterocycles. The summed E-state index contributed by atoms with van der Waals surface area (Å²) < 4.78 is 5.46. The number of hydrogen-bond donors (Lipinski definition) is 1. The molecule has 1 aliphatic heterocycles. The third kappa shape index (κ3) is 3.74. The smallest absolute Gasteiger partial charge is 0.0605 e. The minimum absolute atomic E-state index is 0.257. The van der Waals surface area contributed by atoms with Gasteiger partial charge in [-0.2, -0.15) is 0 Å². The molecule has 1 aromatic carbocycles. The van der Waals surface area contributed by atoms with Crippen molar-refractivity contribution in [1.82, 2.24) is 0 Å². The lowest BCUT2D eigenvalue weighted by Crippen LogP contribution is -2.37. The summed E-state index contributed by atoms with van der Waals surface area (Å²) in [4.78, 5) is 2.49. The maximum absolute atomic E-state index is 6.16. The van der Waals surface area contributed by atoms with Crippen LogP contribution in [-0.2, 0) is 11.2 Å². The van der Waals surface area contributed by atoms with Crippen LogP contribution in [-0.4, -0.2) is 32.3 Å². The van der Waals surface area contributed by atoms with Gasteiger partial charge in [0.05, 0.1) is 6.10 Å². The van der Waals surface area contributed by atoms with Gasteiger partial charge >= 0.3 is 0 Å². The van der Waals surface area contributed by atoms with Crippen LogP contribution >= 0.6 is 0 Å². The van der Waals surface area contributed by atoms with Crippen LogP contribution in [0.3, 0.4) is 0 Å². The number of anilines is 1. The fourth-order valence-electron chi connectivity index (χ4n) is 2.95. The second kappa shape index (κ2) is 7.09. The molecule has 3 nitrogen and oxygen atoms in total. The molecule has 1 unspecified atom stereocenters. The van der Waals surface area contributed by atoms with Crippen molar-refractivity contribution in [2.45, 2.75) is 51.7 Å². The van der Waals surface area contributed by atoms with Gasteiger partial charge in [-0.15, -0.1) is 0 Å². The lowest BCUT2D eigenvalue weighted by atomic mass is 9.98. The van der Waals surface area contributed by atoms with Gasteiger partial charge in [-0.3, -0.25) is 0 Å². The Hall–Kier alpha value is -1.06. The van der Waals surface area contributed by atoms with E-state index in [1.54, 1.807) is 0 Å². The molecule has 0 radical (unpaired) electrons. The van der Waals surface area contributed by atoms with E-state index in [4.69, 9.17) is 10.5 Å². The Morgan fingerprint density at radius 1 is 1.35 bits per heavy atom. The van der Waals surface area contributed by atoms with Gasteiger partial charge < -0.3 is 15.4 Å². The molecule has 3 heteroatoms. The molecule has 0 saturated carbocycles. The molecule has 1 saturated heterocycles. The van der Waals surface area contributed by atoms with Crippen molar-refractivity contribution in [3.05, 3.63) is 29.3 Å². The van der Waals surface area contributed by atoms with E-state index in [-0.39, 0.29) is 6.04 Å². The van der Waals surface area contributed by atoms with Crippen molar-refractivity contribution < 1.29 is 4.74 Å². The topological polar surface area (TPSA) is 38.5 Å². The van der Waals surface area contributed by atoms with E-state index < -0.39 is 0 Å². The second-order valence-electron chi connectivity index (χ2n) is 5.93. The van der Waals surface area contributed by atoms with Crippen LogP contribution in [0.5, 0.6) is 0 Å². The highest BCUT2D eigenvalue weighted by molar-refractivity contribution is 5.55. The molecular formula is C17H28N2O. The summed E-state index contributed by atoms with van der Waals surface area (Å²) in [5, 5.41) is 0. The minimum atomic E-state index is 0.257. The summed E-state index contributed by atoms with van der Waals surface area (Å²) in [7, 11) is 1.82. The summed E-state index contributed by atoms with van der Waals surface area (Å²) >= 11 is 0. The fourth-order valence-corrected chi connectivity index (χ4v) is 2.95. The molecule has 0 bridgehead atoms. The zero-order valence-electron chi connectivity index (χ0n) is 13.1. The zero-order valence-corrected chi connectivity index (χ0v) is 13.1. The average Bonchev–Trinajstić information content (AvgIpc) is 2.47. The molecule has 1 atom stereocenters. The number of ether oxygens (including phenoxy) is 1. The highest BCUT2D eigenvalue weighted by atomic mass is 16.5. The number of nitrogens with two attached hydrogens (primary N) is 1. The first-order chi connectivity index (χ1) is 9.63. The van der Waals surface area contributed by atoms with Crippen molar-refractivity contribution >= 4 is 5.69 Å². The summed E-state index contributed by atoms with van der Waals surface area (Å²) in [6, 6.07) is 7.03. The number of nitrogens with zero attached hydrogens (tertiary/aromatic N) is 1. The Bertz CT molecular complexity index is 425. The van der Waals surface area contributed by atoms with E-state index in [0.717, 1.165) is 38.8 Å². The molecular weight excluding hydrogens is 248 g/mol. The van der Waals surface area contributed by atoms with Crippen LogP contribution in [0.1, 0.15) is 37.3 Å². The molecule has 0 amide bonds.